The number of nitrogens with two attached hydrogens (primary N) is 1. The van der Waals surface area contributed by atoms with Crippen LogP contribution in [-0.2, 0) is 0 Å². The molecule has 0 saturated carbocycles. The summed E-state index contributed by atoms with van der Waals surface area (Å²) in [6.07, 6.45) is 5.47. The van der Waals surface area contributed by atoms with Gasteiger partial charge in [-0.3, -0.25) is 0 Å². The molecule has 0 bridgehead atoms. The molecular formula is C9H8N4. The number of nitrogen functional groups attached to an aromatic ring is 1. The van der Waals surface area contributed by atoms with Crippen LogP contribution in [0.15, 0.2) is 30.7 Å². The molecule has 0 amide bonds. The third-order valence-corrected chi connectivity index (χ3v) is 1.89. The lowest BCUT2D eigenvalue weighted by Crippen LogP contribution is -1.94. The van der Waals surface area contributed by atoms with Gasteiger partial charge in [-0.05, 0) is 12.1 Å². The van der Waals surface area contributed by atoms with Gasteiger partial charge in [-0.15, -0.1) is 0 Å². The standard InChI is InChI=1S/C9H8N4/c10-5-7-9(11)8(6-12-7)13-3-1-2-4-13/h1-4,6,12H,11H2. The molecule has 4 heteroatoms. The molecule has 2 heterocycles. The molecule has 0 radical (unpaired) electrons. The molecule has 0 aliphatic carbocycles. The zero-order chi connectivity index (χ0) is 9.26. The van der Waals surface area contributed by atoms with E-state index in [2.05, 4.69) is 4.98 Å². The first-order valence-corrected chi connectivity index (χ1v) is 3.83. The van der Waals surface area contributed by atoms with E-state index in [1.807, 2.05) is 35.2 Å². The average molecular weight is 172 g/mol. The molecule has 0 saturated heterocycles. The fraction of sp³-hybridized carbons (Fsp3) is 0. The van der Waals surface area contributed by atoms with Crippen LogP contribution < -0.4 is 5.73 Å². The highest BCUT2D eigenvalue weighted by molar-refractivity contribution is 5.65. The smallest absolute Gasteiger partial charge is 0.143 e. The molecule has 13 heavy (non-hydrogen) atoms. The number of nitrogens with zero attached hydrogens (tertiary/aromatic N) is 2. The lowest BCUT2D eigenvalue weighted by Gasteiger charge is -1.99. The molecule has 2 aromatic rings. The minimum absolute atomic E-state index is 0.406. The van der Waals surface area contributed by atoms with E-state index in [1.165, 1.54) is 0 Å². The Kier molecular flexibility index (Phi) is 1.57. The Morgan fingerprint density at radius 3 is 2.62 bits per heavy atom. The SMILES string of the molecule is N#Cc1[nH]cc(-n2cccc2)c1N. The highest BCUT2D eigenvalue weighted by Crippen LogP contribution is 2.20. The van der Waals surface area contributed by atoms with Crippen LogP contribution in [0.5, 0.6) is 0 Å². The number of rotatable bonds is 1. The van der Waals surface area contributed by atoms with E-state index >= 15 is 0 Å². The first kappa shape index (κ1) is 7.50. The Balaban J connectivity index is 2.55. The van der Waals surface area contributed by atoms with Gasteiger partial charge in [0, 0.05) is 18.6 Å². The predicted octanol–water partition coefficient (Wildman–Crippen LogP) is 1.26. The predicted molar refractivity (Wildman–Crippen MR) is 49.2 cm³/mol. The number of nitriles is 1. The summed E-state index contributed by atoms with van der Waals surface area (Å²) in [5.74, 6) is 0. The van der Waals surface area contributed by atoms with Gasteiger partial charge in [0.2, 0.25) is 0 Å². The van der Waals surface area contributed by atoms with Crippen molar-refractivity contribution in [3.63, 3.8) is 0 Å². The summed E-state index contributed by atoms with van der Waals surface area (Å²) in [5, 5.41) is 8.66. The third-order valence-electron chi connectivity index (χ3n) is 1.89. The van der Waals surface area contributed by atoms with E-state index in [-0.39, 0.29) is 0 Å². The van der Waals surface area contributed by atoms with Crippen molar-refractivity contribution in [3.05, 3.63) is 36.4 Å². The fourth-order valence-electron chi connectivity index (χ4n) is 1.23. The zero-order valence-corrected chi connectivity index (χ0v) is 6.86. The van der Waals surface area contributed by atoms with Gasteiger partial charge in [-0.2, -0.15) is 5.26 Å². The molecule has 3 N–H and O–H groups in total. The van der Waals surface area contributed by atoms with Crippen LogP contribution in [0.1, 0.15) is 5.69 Å². The largest absolute Gasteiger partial charge is 0.395 e. The van der Waals surface area contributed by atoms with Gasteiger partial charge in [0.1, 0.15) is 11.8 Å². The Labute approximate surface area is 75.2 Å². The van der Waals surface area contributed by atoms with Gasteiger partial charge in [-0.1, -0.05) is 0 Å². The quantitative estimate of drug-likeness (QED) is 0.679. The Morgan fingerprint density at radius 1 is 1.38 bits per heavy atom. The summed E-state index contributed by atoms with van der Waals surface area (Å²) in [6.45, 7) is 0. The summed E-state index contributed by atoms with van der Waals surface area (Å²) in [5.41, 5.74) is 7.43. The Bertz CT molecular complexity index is 444. The molecule has 0 fully saturated rings. The van der Waals surface area contributed by atoms with Gasteiger partial charge >= 0.3 is 0 Å². The Hall–Kier alpha value is -2.15. The van der Waals surface area contributed by atoms with E-state index in [0.717, 1.165) is 5.69 Å². The molecule has 2 rings (SSSR count). The van der Waals surface area contributed by atoms with Crippen LogP contribution in [0.3, 0.4) is 0 Å². The molecule has 64 valence electrons. The van der Waals surface area contributed by atoms with Crippen LogP contribution in [0, 0.1) is 11.3 Å². The summed E-state index contributed by atoms with van der Waals surface area (Å²) in [4.78, 5) is 2.81. The second-order valence-corrected chi connectivity index (χ2v) is 2.66. The highest BCUT2D eigenvalue weighted by atomic mass is 15.0. The van der Waals surface area contributed by atoms with Crippen LogP contribution >= 0.6 is 0 Å². The molecule has 4 nitrogen and oxygen atoms in total. The van der Waals surface area contributed by atoms with Crippen LogP contribution in [-0.4, -0.2) is 9.55 Å². The van der Waals surface area contributed by atoms with Gasteiger partial charge in [0.25, 0.3) is 0 Å². The van der Waals surface area contributed by atoms with Crippen molar-refractivity contribution in [2.45, 2.75) is 0 Å². The van der Waals surface area contributed by atoms with Gasteiger partial charge in [0.15, 0.2) is 0 Å². The number of hydrogen-bond donors (Lipinski definition) is 2. The van der Waals surface area contributed by atoms with Crippen molar-refractivity contribution < 1.29 is 0 Å². The van der Waals surface area contributed by atoms with E-state index in [0.29, 0.717) is 11.4 Å². The van der Waals surface area contributed by atoms with Crippen molar-refractivity contribution >= 4 is 5.69 Å². The number of aromatic amines is 1. The summed E-state index contributed by atoms with van der Waals surface area (Å²) in [6, 6.07) is 5.79. The number of nitrogens with one attached hydrogen (secondary N) is 1. The molecule has 0 aromatic carbocycles. The van der Waals surface area contributed by atoms with Gasteiger partial charge < -0.3 is 15.3 Å². The summed E-state index contributed by atoms with van der Waals surface area (Å²) in [7, 11) is 0. The summed E-state index contributed by atoms with van der Waals surface area (Å²) < 4.78 is 1.85. The normalized spacial score (nSPS) is 9.77. The van der Waals surface area contributed by atoms with Crippen LogP contribution in [0.4, 0.5) is 5.69 Å². The molecule has 0 aliphatic heterocycles. The topological polar surface area (TPSA) is 70.5 Å². The second-order valence-electron chi connectivity index (χ2n) is 2.66. The maximum absolute atomic E-state index is 8.66. The first-order valence-electron chi connectivity index (χ1n) is 3.83. The maximum atomic E-state index is 8.66. The molecule has 0 atom stereocenters. The Morgan fingerprint density at radius 2 is 2.08 bits per heavy atom. The monoisotopic (exact) mass is 172 g/mol. The molecule has 0 spiro atoms. The number of hydrogen-bond acceptors (Lipinski definition) is 2. The van der Waals surface area contributed by atoms with Crippen LogP contribution in [0.2, 0.25) is 0 Å². The van der Waals surface area contributed by atoms with E-state index in [1.54, 1.807) is 6.20 Å². The number of aromatic nitrogens is 2. The second kappa shape index (κ2) is 2.72. The highest BCUT2D eigenvalue weighted by Gasteiger charge is 2.07. The first-order chi connectivity index (χ1) is 6.33. The van der Waals surface area contributed by atoms with Gasteiger partial charge in [0.05, 0.1) is 11.4 Å². The molecule has 2 aromatic heterocycles. The van der Waals surface area contributed by atoms with Crippen molar-refractivity contribution in [1.82, 2.24) is 9.55 Å². The molecule has 0 unspecified atom stereocenters. The minimum Gasteiger partial charge on any atom is -0.395 e. The van der Waals surface area contributed by atoms with Crippen molar-refractivity contribution in [2.24, 2.45) is 0 Å². The lowest BCUT2D eigenvalue weighted by atomic mass is 10.3. The average Bonchev–Trinajstić information content (AvgIpc) is 2.72. The summed E-state index contributed by atoms with van der Waals surface area (Å²) >= 11 is 0. The number of anilines is 1. The van der Waals surface area contributed by atoms with E-state index in [4.69, 9.17) is 11.0 Å². The minimum atomic E-state index is 0.406. The third kappa shape index (κ3) is 1.07. The van der Waals surface area contributed by atoms with Gasteiger partial charge in [-0.25, -0.2) is 0 Å². The van der Waals surface area contributed by atoms with E-state index < -0.39 is 0 Å². The molecule has 0 aliphatic rings. The lowest BCUT2D eigenvalue weighted by molar-refractivity contribution is 1.09. The van der Waals surface area contributed by atoms with Crippen molar-refractivity contribution in [3.8, 4) is 11.8 Å². The maximum Gasteiger partial charge on any atom is 0.143 e. The fourth-order valence-corrected chi connectivity index (χ4v) is 1.23. The van der Waals surface area contributed by atoms with Crippen molar-refractivity contribution in [2.75, 3.05) is 5.73 Å². The zero-order valence-electron chi connectivity index (χ0n) is 6.86. The molecular weight excluding hydrogens is 164 g/mol. The number of H-pyrrole nitrogens is 1. The van der Waals surface area contributed by atoms with Crippen molar-refractivity contribution in [1.29, 1.82) is 5.26 Å². The van der Waals surface area contributed by atoms with Crippen LogP contribution in [0.25, 0.3) is 5.69 Å². The van der Waals surface area contributed by atoms with E-state index in [9.17, 15) is 0 Å².